The highest BCUT2D eigenvalue weighted by atomic mass is 16.5. The molecule has 1 aromatic rings. The Morgan fingerprint density at radius 3 is 3.00 bits per heavy atom. The number of anilines is 1. The predicted octanol–water partition coefficient (Wildman–Crippen LogP) is 2.30. The zero-order valence-corrected chi connectivity index (χ0v) is 10.3. The number of esters is 1. The van der Waals surface area contributed by atoms with Gasteiger partial charge in [0.15, 0.2) is 0 Å². The van der Waals surface area contributed by atoms with Gasteiger partial charge in [-0.05, 0) is 32.0 Å². The van der Waals surface area contributed by atoms with Crippen molar-refractivity contribution >= 4 is 29.0 Å². The van der Waals surface area contributed by atoms with E-state index in [1.807, 2.05) is 0 Å². The number of hydrogen-bond donors (Lipinski definition) is 1. The third kappa shape index (κ3) is 2.56. The topological polar surface area (TPSA) is 67.8 Å². The molecule has 18 heavy (non-hydrogen) atoms. The summed E-state index contributed by atoms with van der Waals surface area (Å²) >= 11 is 0. The highest BCUT2D eigenvalue weighted by Gasteiger charge is 2.16. The lowest BCUT2D eigenvalue weighted by Crippen LogP contribution is -2.13. The average molecular weight is 246 g/mol. The first-order chi connectivity index (χ1) is 8.60. The predicted molar refractivity (Wildman–Crippen MR) is 68.4 cm³/mol. The van der Waals surface area contributed by atoms with Crippen molar-refractivity contribution in [3.05, 3.63) is 23.8 Å². The number of amides is 1. The van der Waals surface area contributed by atoms with Gasteiger partial charge in [-0.15, -0.1) is 0 Å². The van der Waals surface area contributed by atoms with E-state index >= 15 is 0 Å². The van der Waals surface area contributed by atoms with Gasteiger partial charge in [-0.1, -0.05) is 0 Å². The molecule has 0 aromatic heterocycles. The van der Waals surface area contributed by atoms with Crippen LogP contribution in [0.5, 0.6) is 0 Å². The van der Waals surface area contributed by atoms with E-state index in [0.29, 0.717) is 23.5 Å². The Balaban J connectivity index is 2.38. The molecule has 5 heteroatoms. The molecule has 5 nitrogen and oxygen atoms in total. The Bertz CT molecular complexity index is 535. The van der Waals surface area contributed by atoms with Crippen LogP contribution >= 0.6 is 0 Å². The standard InChI is InChI=1S/C13H14N2O3/c1-3-18-13(17)9-4-5-10-11(7-9)15-12(16)6-8(2)14-10/h4-5,7H,3,6H2,1-2H3,(H,15,16). The van der Waals surface area contributed by atoms with E-state index in [9.17, 15) is 9.59 Å². The molecule has 1 amide bonds. The Hall–Kier alpha value is -2.17. The van der Waals surface area contributed by atoms with Crippen molar-refractivity contribution in [2.24, 2.45) is 4.99 Å². The number of fused-ring (bicyclic) bond motifs is 1. The molecule has 94 valence electrons. The number of carbonyl (C=O) groups excluding carboxylic acids is 2. The third-order valence-corrected chi connectivity index (χ3v) is 2.51. The van der Waals surface area contributed by atoms with E-state index < -0.39 is 5.97 Å². The summed E-state index contributed by atoms with van der Waals surface area (Å²) < 4.78 is 4.91. The van der Waals surface area contributed by atoms with Crippen LogP contribution in [0.25, 0.3) is 0 Å². The van der Waals surface area contributed by atoms with E-state index in [2.05, 4.69) is 10.3 Å². The largest absolute Gasteiger partial charge is 0.462 e. The fourth-order valence-electron chi connectivity index (χ4n) is 1.75. The molecule has 0 bridgehead atoms. The van der Waals surface area contributed by atoms with Gasteiger partial charge in [-0.2, -0.15) is 0 Å². The Morgan fingerprint density at radius 1 is 1.50 bits per heavy atom. The van der Waals surface area contributed by atoms with E-state index in [4.69, 9.17) is 4.74 Å². The van der Waals surface area contributed by atoms with Crippen LogP contribution in [0.3, 0.4) is 0 Å². The summed E-state index contributed by atoms with van der Waals surface area (Å²) in [5.41, 5.74) is 2.36. The van der Waals surface area contributed by atoms with Crippen molar-refractivity contribution in [3.8, 4) is 0 Å². The lowest BCUT2D eigenvalue weighted by atomic mass is 10.1. The lowest BCUT2D eigenvalue weighted by Gasteiger charge is -2.07. The fraction of sp³-hybridized carbons (Fsp3) is 0.308. The van der Waals surface area contributed by atoms with Crippen molar-refractivity contribution in [3.63, 3.8) is 0 Å². The van der Waals surface area contributed by atoms with Crippen LogP contribution in [0, 0.1) is 0 Å². The SMILES string of the molecule is CCOC(=O)c1ccc2c(c1)NC(=O)CC(C)=N2. The fourth-order valence-corrected chi connectivity index (χ4v) is 1.75. The highest BCUT2D eigenvalue weighted by molar-refractivity contribution is 6.10. The average Bonchev–Trinajstić information content (AvgIpc) is 2.44. The minimum Gasteiger partial charge on any atom is -0.462 e. The molecular formula is C13H14N2O3. The zero-order chi connectivity index (χ0) is 13.1. The first-order valence-corrected chi connectivity index (χ1v) is 5.75. The van der Waals surface area contributed by atoms with Gasteiger partial charge in [0.25, 0.3) is 0 Å². The van der Waals surface area contributed by atoms with E-state index in [0.717, 1.165) is 5.71 Å². The van der Waals surface area contributed by atoms with E-state index in [-0.39, 0.29) is 12.3 Å². The molecular weight excluding hydrogens is 232 g/mol. The second-order valence-corrected chi connectivity index (χ2v) is 4.02. The van der Waals surface area contributed by atoms with Gasteiger partial charge in [0, 0.05) is 5.71 Å². The van der Waals surface area contributed by atoms with Gasteiger partial charge in [0.05, 0.1) is 30.0 Å². The van der Waals surface area contributed by atoms with Crippen molar-refractivity contribution in [2.75, 3.05) is 11.9 Å². The molecule has 0 atom stereocenters. The summed E-state index contributed by atoms with van der Waals surface area (Å²) in [6.07, 6.45) is 0.267. The summed E-state index contributed by atoms with van der Waals surface area (Å²) in [5.74, 6) is -0.532. The van der Waals surface area contributed by atoms with Crippen molar-refractivity contribution < 1.29 is 14.3 Å². The minimum atomic E-state index is -0.403. The van der Waals surface area contributed by atoms with Crippen molar-refractivity contribution in [1.82, 2.24) is 0 Å². The number of hydrogen-bond acceptors (Lipinski definition) is 4. The van der Waals surface area contributed by atoms with Crippen LogP contribution in [0.1, 0.15) is 30.6 Å². The number of carbonyl (C=O) groups is 2. The van der Waals surface area contributed by atoms with Gasteiger partial charge in [0.2, 0.25) is 5.91 Å². The molecule has 0 saturated heterocycles. The van der Waals surface area contributed by atoms with Crippen LogP contribution in [0.4, 0.5) is 11.4 Å². The van der Waals surface area contributed by atoms with Crippen LogP contribution in [0.15, 0.2) is 23.2 Å². The highest BCUT2D eigenvalue weighted by Crippen LogP contribution is 2.29. The monoisotopic (exact) mass is 246 g/mol. The minimum absolute atomic E-state index is 0.129. The zero-order valence-electron chi connectivity index (χ0n) is 10.3. The van der Waals surface area contributed by atoms with Crippen molar-refractivity contribution in [1.29, 1.82) is 0 Å². The number of benzene rings is 1. The number of nitrogens with one attached hydrogen (secondary N) is 1. The maximum absolute atomic E-state index is 11.6. The first-order valence-electron chi connectivity index (χ1n) is 5.75. The molecule has 1 heterocycles. The number of ether oxygens (including phenoxy) is 1. The van der Waals surface area contributed by atoms with Crippen LogP contribution in [0.2, 0.25) is 0 Å². The number of aliphatic imine (C=N–C) groups is 1. The molecule has 0 fully saturated rings. The quantitative estimate of drug-likeness (QED) is 0.814. The van der Waals surface area contributed by atoms with Gasteiger partial charge in [-0.25, -0.2) is 4.79 Å². The molecule has 0 radical (unpaired) electrons. The molecule has 1 aliphatic rings. The van der Waals surface area contributed by atoms with Crippen LogP contribution < -0.4 is 5.32 Å². The summed E-state index contributed by atoms with van der Waals surface area (Å²) in [5, 5.41) is 2.73. The third-order valence-electron chi connectivity index (χ3n) is 2.51. The van der Waals surface area contributed by atoms with Gasteiger partial charge in [0.1, 0.15) is 0 Å². The summed E-state index contributed by atoms with van der Waals surface area (Å²) in [6.45, 7) is 3.87. The normalized spacial score (nSPS) is 14.1. The van der Waals surface area contributed by atoms with Gasteiger partial charge >= 0.3 is 5.97 Å². The first kappa shape index (κ1) is 12.3. The van der Waals surface area contributed by atoms with E-state index in [1.54, 1.807) is 32.0 Å². The summed E-state index contributed by atoms with van der Waals surface area (Å²) in [7, 11) is 0. The maximum atomic E-state index is 11.6. The van der Waals surface area contributed by atoms with Gasteiger partial charge < -0.3 is 10.1 Å². The Kier molecular flexibility index (Phi) is 3.41. The van der Waals surface area contributed by atoms with Crippen molar-refractivity contribution in [2.45, 2.75) is 20.3 Å². The number of nitrogens with zero attached hydrogens (tertiary/aromatic N) is 1. The second-order valence-electron chi connectivity index (χ2n) is 4.02. The molecule has 1 aliphatic heterocycles. The molecule has 2 rings (SSSR count). The Morgan fingerprint density at radius 2 is 2.28 bits per heavy atom. The van der Waals surface area contributed by atoms with E-state index in [1.165, 1.54) is 0 Å². The lowest BCUT2D eigenvalue weighted by molar-refractivity contribution is -0.115. The molecule has 1 N–H and O–H groups in total. The molecule has 0 unspecified atom stereocenters. The molecule has 1 aromatic carbocycles. The van der Waals surface area contributed by atoms with Crippen LogP contribution in [-0.2, 0) is 9.53 Å². The Labute approximate surface area is 105 Å². The molecule has 0 saturated carbocycles. The number of rotatable bonds is 2. The van der Waals surface area contributed by atoms with Gasteiger partial charge in [-0.3, -0.25) is 9.79 Å². The van der Waals surface area contributed by atoms with Crippen LogP contribution in [-0.4, -0.2) is 24.2 Å². The molecule has 0 spiro atoms. The summed E-state index contributed by atoms with van der Waals surface area (Å²) in [4.78, 5) is 27.5. The smallest absolute Gasteiger partial charge is 0.338 e. The summed E-state index contributed by atoms with van der Waals surface area (Å²) in [6, 6.07) is 4.94. The molecule has 0 aliphatic carbocycles. The maximum Gasteiger partial charge on any atom is 0.338 e. The second kappa shape index (κ2) is 5.00.